The van der Waals surface area contributed by atoms with Gasteiger partial charge in [0.15, 0.2) is 0 Å². The van der Waals surface area contributed by atoms with E-state index in [1.807, 2.05) is 61.5 Å². The molecular formula is C23H22N2O4. The summed E-state index contributed by atoms with van der Waals surface area (Å²) >= 11 is 0. The number of aromatic nitrogens is 1. The molecule has 0 fully saturated rings. The smallest absolute Gasteiger partial charge is 0.305 e. The number of methoxy groups -OCH3 is 1. The Hall–Kier alpha value is -3.67. The van der Waals surface area contributed by atoms with Crippen LogP contribution in [0.25, 0.3) is 11.1 Å². The number of hydrogen-bond donors (Lipinski definition) is 2. The number of pyridine rings is 1. The number of benzene rings is 2. The summed E-state index contributed by atoms with van der Waals surface area (Å²) in [5.41, 5.74) is 3.57. The number of rotatable bonds is 7. The number of aliphatic carboxylic acids is 1. The number of hydrogen-bond acceptors (Lipinski definition) is 4. The van der Waals surface area contributed by atoms with E-state index in [0.717, 1.165) is 16.7 Å². The molecule has 0 radical (unpaired) electrons. The van der Waals surface area contributed by atoms with Crippen molar-refractivity contribution in [3.8, 4) is 17.0 Å². The molecule has 1 atom stereocenters. The van der Waals surface area contributed by atoms with Crippen LogP contribution in [-0.2, 0) is 4.79 Å². The number of nitrogens with one attached hydrogen (secondary N) is 1. The van der Waals surface area contributed by atoms with Gasteiger partial charge in [0.2, 0.25) is 5.88 Å². The SMILES string of the molecule is COc1ncc(C(=O)N[C@@H](CC(=O)O)c2ccccc2C)cc1-c1ccccc1. The second-order valence-electron chi connectivity index (χ2n) is 6.63. The first-order valence-corrected chi connectivity index (χ1v) is 9.17. The van der Waals surface area contributed by atoms with Gasteiger partial charge in [0.25, 0.3) is 5.91 Å². The van der Waals surface area contributed by atoms with Crippen molar-refractivity contribution in [2.24, 2.45) is 0 Å². The highest BCUT2D eigenvalue weighted by molar-refractivity contribution is 5.96. The molecule has 2 N–H and O–H groups in total. The van der Waals surface area contributed by atoms with E-state index in [0.29, 0.717) is 17.0 Å². The molecule has 0 saturated heterocycles. The van der Waals surface area contributed by atoms with Crippen LogP contribution in [0, 0.1) is 6.92 Å². The van der Waals surface area contributed by atoms with Crippen LogP contribution in [0.3, 0.4) is 0 Å². The van der Waals surface area contributed by atoms with E-state index in [-0.39, 0.29) is 6.42 Å². The Kier molecular flexibility index (Phi) is 6.24. The Morgan fingerprint density at radius 3 is 2.45 bits per heavy atom. The second-order valence-corrected chi connectivity index (χ2v) is 6.63. The number of carboxylic acid groups (broad SMARTS) is 1. The first-order chi connectivity index (χ1) is 14.0. The Morgan fingerprint density at radius 2 is 1.79 bits per heavy atom. The highest BCUT2D eigenvalue weighted by atomic mass is 16.5. The largest absolute Gasteiger partial charge is 0.481 e. The van der Waals surface area contributed by atoms with Crippen molar-refractivity contribution in [3.63, 3.8) is 0 Å². The van der Waals surface area contributed by atoms with Crippen LogP contribution < -0.4 is 10.1 Å². The molecule has 1 aromatic heterocycles. The summed E-state index contributed by atoms with van der Waals surface area (Å²) in [4.78, 5) is 28.5. The minimum absolute atomic E-state index is 0.217. The maximum Gasteiger partial charge on any atom is 0.305 e. The van der Waals surface area contributed by atoms with Crippen molar-refractivity contribution in [2.45, 2.75) is 19.4 Å². The molecule has 3 aromatic rings. The molecule has 3 rings (SSSR count). The van der Waals surface area contributed by atoms with E-state index in [9.17, 15) is 14.7 Å². The fraction of sp³-hybridized carbons (Fsp3) is 0.174. The predicted molar refractivity (Wildman–Crippen MR) is 110 cm³/mol. The predicted octanol–water partition coefficient (Wildman–Crippen LogP) is 4.01. The Balaban J connectivity index is 1.92. The highest BCUT2D eigenvalue weighted by Gasteiger charge is 2.21. The quantitative estimate of drug-likeness (QED) is 0.636. The topological polar surface area (TPSA) is 88.5 Å². The molecule has 6 heteroatoms. The van der Waals surface area contributed by atoms with E-state index in [1.165, 1.54) is 13.3 Å². The summed E-state index contributed by atoms with van der Waals surface area (Å²) in [5.74, 6) is -0.975. The van der Waals surface area contributed by atoms with Gasteiger partial charge < -0.3 is 15.2 Å². The minimum Gasteiger partial charge on any atom is -0.481 e. The normalized spacial score (nSPS) is 11.5. The molecule has 6 nitrogen and oxygen atoms in total. The number of amides is 1. The Bertz CT molecular complexity index is 1020. The van der Waals surface area contributed by atoms with Crippen molar-refractivity contribution in [1.29, 1.82) is 0 Å². The summed E-state index contributed by atoms with van der Waals surface area (Å²) in [6.07, 6.45) is 1.21. The maximum atomic E-state index is 12.9. The number of nitrogens with zero attached hydrogens (tertiary/aromatic N) is 1. The third-order valence-corrected chi connectivity index (χ3v) is 4.64. The van der Waals surface area contributed by atoms with Gasteiger partial charge in [0.1, 0.15) is 0 Å². The van der Waals surface area contributed by atoms with Crippen molar-refractivity contribution < 1.29 is 19.4 Å². The first kappa shape index (κ1) is 20.1. The molecular weight excluding hydrogens is 368 g/mol. The van der Waals surface area contributed by atoms with Crippen LogP contribution in [0.5, 0.6) is 5.88 Å². The zero-order chi connectivity index (χ0) is 20.8. The molecule has 0 saturated carbocycles. The van der Waals surface area contributed by atoms with Gasteiger partial charge in [-0.25, -0.2) is 4.98 Å². The number of carboxylic acids is 1. The number of aryl methyl sites for hydroxylation is 1. The maximum absolute atomic E-state index is 12.9. The number of carbonyl (C=O) groups is 2. The molecule has 2 aromatic carbocycles. The van der Waals surface area contributed by atoms with Gasteiger partial charge in [-0.05, 0) is 29.7 Å². The average molecular weight is 390 g/mol. The van der Waals surface area contributed by atoms with Crippen LogP contribution in [0.2, 0.25) is 0 Å². The van der Waals surface area contributed by atoms with Crippen LogP contribution in [0.4, 0.5) is 0 Å². The summed E-state index contributed by atoms with van der Waals surface area (Å²) in [6.45, 7) is 1.89. The third-order valence-electron chi connectivity index (χ3n) is 4.64. The monoisotopic (exact) mass is 390 g/mol. The second kappa shape index (κ2) is 9.01. The standard InChI is InChI=1S/C23H22N2O4/c1-15-8-6-7-11-18(15)20(13-21(26)27)25-22(28)17-12-19(23(29-2)24-14-17)16-9-4-3-5-10-16/h3-12,14,20H,13H2,1-2H3,(H,25,28)(H,26,27)/t20-/m0/s1. The zero-order valence-electron chi connectivity index (χ0n) is 16.3. The van der Waals surface area contributed by atoms with Crippen molar-refractivity contribution >= 4 is 11.9 Å². The lowest BCUT2D eigenvalue weighted by molar-refractivity contribution is -0.137. The van der Waals surface area contributed by atoms with Gasteiger partial charge in [-0.1, -0.05) is 54.6 Å². The lowest BCUT2D eigenvalue weighted by atomic mass is 9.98. The van der Waals surface area contributed by atoms with Crippen LogP contribution in [0.15, 0.2) is 66.9 Å². The molecule has 1 heterocycles. The number of ether oxygens (including phenoxy) is 1. The fourth-order valence-corrected chi connectivity index (χ4v) is 3.20. The van der Waals surface area contributed by atoms with E-state index in [1.54, 1.807) is 6.07 Å². The Labute approximate surface area is 169 Å². The number of carbonyl (C=O) groups excluding carboxylic acids is 1. The van der Waals surface area contributed by atoms with Gasteiger partial charge in [0.05, 0.1) is 25.1 Å². The Morgan fingerprint density at radius 1 is 1.10 bits per heavy atom. The molecule has 29 heavy (non-hydrogen) atoms. The minimum atomic E-state index is -0.989. The summed E-state index contributed by atoms with van der Waals surface area (Å²) in [7, 11) is 1.52. The molecule has 0 unspecified atom stereocenters. The van der Waals surface area contributed by atoms with E-state index in [4.69, 9.17) is 4.74 Å². The summed E-state index contributed by atoms with van der Waals surface area (Å²) in [6, 6.07) is 18.0. The first-order valence-electron chi connectivity index (χ1n) is 9.17. The molecule has 0 aliphatic carbocycles. The van der Waals surface area contributed by atoms with Crippen LogP contribution in [-0.4, -0.2) is 29.1 Å². The zero-order valence-corrected chi connectivity index (χ0v) is 16.3. The van der Waals surface area contributed by atoms with E-state index in [2.05, 4.69) is 10.3 Å². The van der Waals surface area contributed by atoms with Crippen molar-refractivity contribution in [3.05, 3.63) is 83.6 Å². The molecule has 148 valence electrons. The summed E-state index contributed by atoms with van der Waals surface area (Å²) < 4.78 is 5.33. The van der Waals surface area contributed by atoms with E-state index >= 15 is 0 Å². The van der Waals surface area contributed by atoms with Crippen molar-refractivity contribution in [2.75, 3.05) is 7.11 Å². The van der Waals surface area contributed by atoms with Gasteiger partial charge in [-0.15, -0.1) is 0 Å². The van der Waals surface area contributed by atoms with Crippen LogP contribution in [0.1, 0.15) is 33.9 Å². The molecule has 0 bridgehead atoms. The van der Waals surface area contributed by atoms with Gasteiger partial charge >= 0.3 is 5.97 Å². The van der Waals surface area contributed by atoms with Gasteiger partial charge in [0, 0.05) is 11.8 Å². The third kappa shape index (κ3) is 4.79. The molecule has 1 amide bonds. The van der Waals surface area contributed by atoms with Gasteiger partial charge in [-0.2, -0.15) is 0 Å². The highest BCUT2D eigenvalue weighted by Crippen LogP contribution is 2.29. The summed E-state index contributed by atoms with van der Waals surface area (Å²) in [5, 5.41) is 12.1. The lowest BCUT2D eigenvalue weighted by Gasteiger charge is -2.20. The molecule has 0 aliphatic rings. The fourth-order valence-electron chi connectivity index (χ4n) is 3.20. The molecule has 0 aliphatic heterocycles. The average Bonchev–Trinajstić information content (AvgIpc) is 2.73. The van der Waals surface area contributed by atoms with E-state index < -0.39 is 17.9 Å². The van der Waals surface area contributed by atoms with Gasteiger partial charge in [-0.3, -0.25) is 9.59 Å². The van der Waals surface area contributed by atoms with Crippen molar-refractivity contribution in [1.82, 2.24) is 10.3 Å². The molecule has 0 spiro atoms. The lowest BCUT2D eigenvalue weighted by Crippen LogP contribution is -2.30. The van der Waals surface area contributed by atoms with Crippen LogP contribution >= 0.6 is 0 Å².